The Balaban J connectivity index is 1.80. The molecule has 1 amide bonds. The molecule has 0 aliphatic carbocycles. The maximum absolute atomic E-state index is 12.6. The number of hydrogen-bond donors (Lipinski definition) is 0. The van der Waals surface area contributed by atoms with Gasteiger partial charge in [-0.2, -0.15) is 0 Å². The smallest absolute Gasteiger partial charge is 0.227 e. The molecule has 2 aromatic heterocycles. The first-order valence-corrected chi connectivity index (χ1v) is 8.59. The normalized spacial score (nSPS) is 11.2. The summed E-state index contributed by atoms with van der Waals surface area (Å²) in [5, 5.41) is 1.04. The second-order valence-corrected chi connectivity index (χ2v) is 6.91. The summed E-state index contributed by atoms with van der Waals surface area (Å²) < 4.78 is 5.68. The lowest BCUT2D eigenvalue weighted by Crippen LogP contribution is -2.27. The highest BCUT2D eigenvalue weighted by molar-refractivity contribution is 5.88. The number of nitrogens with zero attached hydrogens (tertiary/aromatic N) is 2. The molecule has 0 N–H and O–H groups in total. The van der Waals surface area contributed by atoms with Crippen molar-refractivity contribution in [2.75, 3.05) is 7.05 Å². The molecule has 0 aliphatic rings. The summed E-state index contributed by atoms with van der Waals surface area (Å²) in [5.74, 6) is 0.509. The molecular weight excluding hydrogens is 312 g/mol. The van der Waals surface area contributed by atoms with Gasteiger partial charge in [-0.15, -0.1) is 0 Å². The Bertz CT molecular complexity index is 882. The largest absolute Gasteiger partial charge is 0.464 e. The van der Waals surface area contributed by atoms with Gasteiger partial charge in [-0.3, -0.25) is 9.78 Å². The van der Waals surface area contributed by atoms with Crippen LogP contribution in [0.2, 0.25) is 0 Å². The molecular formula is C21H24N2O2. The van der Waals surface area contributed by atoms with Crippen LogP contribution in [-0.2, 0) is 17.8 Å². The van der Waals surface area contributed by atoms with Crippen molar-refractivity contribution in [3.05, 3.63) is 65.2 Å². The molecule has 0 unspecified atom stereocenters. The predicted octanol–water partition coefficient (Wildman–Crippen LogP) is 4.46. The van der Waals surface area contributed by atoms with E-state index in [0.29, 0.717) is 18.9 Å². The predicted molar refractivity (Wildman–Crippen MR) is 99.5 cm³/mol. The highest BCUT2D eigenvalue weighted by Crippen LogP contribution is 2.29. The molecule has 0 aliphatic heterocycles. The van der Waals surface area contributed by atoms with Crippen LogP contribution >= 0.6 is 0 Å². The summed E-state index contributed by atoms with van der Waals surface area (Å²) in [7, 11) is 1.82. The molecule has 0 atom stereocenters. The summed E-state index contributed by atoms with van der Waals surface area (Å²) in [6.07, 6.45) is 5.57. The van der Waals surface area contributed by atoms with E-state index in [1.54, 1.807) is 23.6 Å². The van der Waals surface area contributed by atoms with Crippen molar-refractivity contribution < 1.29 is 9.21 Å². The number of carbonyl (C=O) groups excluding carboxylic acids is 1. The van der Waals surface area contributed by atoms with E-state index in [9.17, 15) is 4.79 Å². The molecule has 0 saturated heterocycles. The zero-order valence-corrected chi connectivity index (χ0v) is 15.2. The zero-order valence-electron chi connectivity index (χ0n) is 15.2. The van der Waals surface area contributed by atoms with Gasteiger partial charge < -0.3 is 9.32 Å². The molecule has 3 aromatic rings. The van der Waals surface area contributed by atoms with Crippen LogP contribution in [0.4, 0.5) is 0 Å². The highest BCUT2D eigenvalue weighted by atomic mass is 16.3. The Kier molecular flexibility index (Phi) is 4.88. The second kappa shape index (κ2) is 7.09. The van der Waals surface area contributed by atoms with Gasteiger partial charge in [0.1, 0.15) is 5.58 Å². The van der Waals surface area contributed by atoms with Crippen molar-refractivity contribution >= 4 is 16.9 Å². The van der Waals surface area contributed by atoms with Crippen molar-refractivity contribution in [1.82, 2.24) is 9.88 Å². The van der Waals surface area contributed by atoms with Crippen LogP contribution in [0.25, 0.3) is 11.0 Å². The van der Waals surface area contributed by atoms with Crippen molar-refractivity contribution in [2.45, 2.75) is 39.7 Å². The molecule has 0 bridgehead atoms. The highest BCUT2D eigenvalue weighted by Gasteiger charge is 2.16. The fraction of sp³-hybridized carbons (Fsp3) is 0.333. The van der Waals surface area contributed by atoms with E-state index in [2.05, 4.69) is 37.9 Å². The van der Waals surface area contributed by atoms with E-state index in [1.165, 1.54) is 11.1 Å². The van der Waals surface area contributed by atoms with E-state index in [-0.39, 0.29) is 5.91 Å². The number of carbonyl (C=O) groups is 1. The van der Waals surface area contributed by atoms with Gasteiger partial charge in [0, 0.05) is 36.9 Å². The van der Waals surface area contributed by atoms with Gasteiger partial charge in [-0.1, -0.05) is 19.9 Å². The maximum atomic E-state index is 12.6. The maximum Gasteiger partial charge on any atom is 0.227 e. The third kappa shape index (κ3) is 3.73. The first-order valence-electron chi connectivity index (χ1n) is 8.59. The Morgan fingerprint density at radius 1 is 1.32 bits per heavy atom. The number of aryl methyl sites for hydroxylation is 1. The van der Waals surface area contributed by atoms with Gasteiger partial charge >= 0.3 is 0 Å². The molecule has 4 nitrogen and oxygen atoms in total. The monoisotopic (exact) mass is 336 g/mol. The lowest BCUT2D eigenvalue weighted by atomic mass is 9.95. The number of likely N-dealkylation sites (N-methyl/N-ethyl adjacent to an activating group) is 1. The molecule has 3 rings (SSSR count). The molecule has 25 heavy (non-hydrogen) atoms. The number of furan rings is 1. The SMILES string of the molecule is Cc1cc2occ(CC(=O)N(C)Cc3cccnc3)c2cc1C(C)C. The fourth-order valence-corrected chi connectivity index (χ4v) is 3.16. The average molecular weight is 336 g/mol. The lowest BCUT2D eigenvalue weighted by Gasteiger charge is -2.17. The first kappa shape index (κ1) is 17.2. The first-order chi connectivity index (χ1) is 12.0. The number of amides is 1. The standard InChI is InChI=1S/C21H24N2O2/c1-14(2)18-10-19-17(13-25-20(19)8-15(18)3)9-21(24)23(4)12-16-6-5-7-22-11-16/h5-8,10-11,13-14H,9,12H2,1-4H3. The number of rotatable bonds is 5. The molecule has 130 valence electrons. The number of pyridine rings is 1. The Morgan fingerprint density at radius 2 is 2.12 bits per heavy atom. The number of benzene rings is 1. The quantitative estimate of drug-likeness (QED) is 0.691. The Hall–Kier alpha value is -2.62. The minimum Gasteiger partial charge on any atom is -0.464 e. The molecule has 4 heteroatoms. The van der Waals surface area contributed by atoms with E-state index < -0.39 is 0 Å². The minimum atomic E-state index is 0.0678. The number of fused-ring (bicyclic) bond motifs is 1. The van der Waals surface area contributed by atoms with Gasteiger partial charge in [0.25, 0.3) is 0 Å². The summed E-state index contributed by atoms with van der Waals surface area (Å²) in [6.45, 7) is 7.02. The van der Waals surface area contributed by atoms with E-state index >= 15 is 0 Å². The topological polar surface area (TPSA) is 46.3 Å². The Labute approximate surface area is 148 Å². The van der Waals surface area contributed by atoms with Crippen LogP contribution in [0.5, 0.6) is 0 Å². The van der Waals surface area contributed by atoms with Crippen LogP contribution < -0.4 is 0 Å². The van der Waals surface area contributed by atoms with Crippen molar-refractivity contribution in [3.63, 3.8) is 0 Å². The Morgan fingerprint density at radius 3 is 2.80 bits per heavy atom. The van der Waals surface area contributed by atoms with Crippen LogP contribution in [0.3, 0.4) is 0 Å². The van der Waals surface area contributed by atoms with Gasteiger partial charge in [0.2, 0.25) is 5.91 Å². The lowest BCUT2D eigenvalue weighted by molar-refractivity contribution is -0.129. The zero-order chi connectivity index (χ0) is 18.0. The summed E-state index contributed by atoms with van der Waals surface area (Å²) >= 11 is 0. The number of aromatic nitrogens is 1. The van der Waals surface area contributed by atoms with Crippen LogP contribution in [0.1, 0.15) is 42.0 Å². The van der Waals surface area contributed by atoms with Crippen molar-refractivity contribution in [3.8, 4) is 0 Å². The average Bonchev–Trinajstić information content (AvgIpc) is 2.96. The van der Waals surface area contributed by atoms with Gasteiger partial charge in [-0.05, 0) is 47.7 Å². The van der Waals surface area contributed by atoms with Crippen LogP contribution in [-0.4, -0.2) is 22.8 Å². The minimum absolute atomic E-state index is 0.0678. The van der Waals surface area contributed by atoms with Crippen molar-refractivity contribution in [1.29, 1.82) is 0 Å². The molecule has 0 saturated carbocycles. The van der Waals surface area contributed by atoms with Gasteiger partial charge in [0.05, 0.1) is 12.7 Å². The third-order valence-corrected chi connectivity index (χ3v) is 4.57. The third-order valence-electron chi connectivity index (χ3n) is 4.57. The fourth-order valence-electron chi connectivity index (χ4n) is 3.16. The number of hydrogen-bond acceptors (Lipinski definition) is 3. The summed E-state index contributed by atoms with van der Waals surface area (Å²) in [4.78, 5) is 18.4. The van der Waals surface area contributed by atoms with Gasteiger partial charge in [0.15, 0.2) is 0 Å². The van der Waals surface area contributed by atoms with E-state index in [4.69, 9.17) is 4.42 Å². The molecule has 0 radical (unpaired) electrons. The van der Waals surface area contributed by atoms with Crippen LogP contribution in [0, 0.1) is 6.92 Å². The second-order valence-electron chi connectivity index (χ2n) is 6.91. The summed E-state index contributed by atoms with van der Waals surface area (Å²) in [5.41, 5.74) is 5.34. The molecule has 2 heterocycles. The molecule has 0 spiro atoms. The molecule has 0 fully saturated rings. The van der Waals surface area contributed by atoms with E-state index in [0.717, 1.165) is 22.1 Å². The van der Waals surface area contributed by atoms with Crippen molar-refractivity contribution in [2.24, 2.45) is 0 Å². The van der Waals surface area contributed by atoms with Gasteiger partial charge in [-0.25, -0.2) is 0 Å². The molecule has 1 aromatic carbocycles. The van der Waals surface area contributed by atoms with E-state index in [1.807, 2.05) is 19.2 Å². The summed E-state index contributed by atoms with van der Waals surface area (Å²) in [6, 6.07) is 8.09. The van der Waals surface area contributed by atoms with Crippen LogP contribution in [0.15, 0.2) is 47.3 Å².